The predicted molar refractivity (Wildman–Crippen MR) is 80.7 cm³/mol. The zero-order chi connectivity index (χ0) is 14.9. The number of nitrogens with one attached hydrogen (secondary N) is 1. The highest BCUT2D eigenvalue weighted by Crippen LogP contribution is 2.25. The molecule has 0 atom stereocenters. The molecule has 0 spiro atoms. The van der Waals surface area contributed by atoms with E-state index in [2.05, 4.69) is 5.32 Å². The smallest absolute Gasteiger partial charge is 0.272 e. The van der Waals surface area contributed by atoms with Gasteiger partial charge in [0.1, 0.15) is 11.4 Å². The Hall–Kier alpha value is -1.94. The Morgan fingerprint density at radius 2 is 2.00 bits per heavy atom. The minimum Gasteiger partial charge on any atom is -0.508 e. The van der Waals surface area contributed by atoms with E-state index in [9.17, 15) is 9.90 Å². The largest absolute Gasteiger partial charge is 0.508 e. The van der Waals surface area contributed by atoms with Gasteiger partial charge in [0.15, 0.2) is 0 Å². The van der Waals surface area contributed by atoms with Gasteiger partial charge in [0, 0.05) is 18.4 Å². The molecule has 0 unspecified atom stereocenters. The molecular formula is C15H17ClN2O2. The summed E-state index contributed by atoms with van der Waals surface area (Å²) in [4.78, 5) is 12.3. The van der Waals surface area contributed by atoms with Crippen LogP contribution in [0, 0.1) is 13.8 Å². The van der Waals surface area contributed by atoms with Crippen molar-refractivity contribution in [2.24, 2.45) is 0 Å². The fraction of sp³-hybridized carbons (Fsp3) is 0.267. The highest BCUT2D eigenvalue weighted by atomic mass is 35.5. The van der Waals surface area contributed by atoms with Gasteiger partial charge in [-0.1, -0.05) is 11.6 Å². The average molecular weight is 293 g/mol. The number of hydrogen-bond donors (Lipinski definition) is 2. The summed E-state index contributed by atoms with van der Waals surface area (Å²) >= 11 is 5.93. The minimum atomic E-state index is -0.216. The molecule has 0 bridgehead atoms. The van der Waals surface area contributed by atoms with E-state index in [1.54, 1.807) is 35.9 Å². The van der Waals surface area contributed by atoms with Crippen LogP contribution in [0.3, 0.4) is 0 Å². The molecule has 2 N–H and O–H groups in total. The standard InChI is InChI=1S/C15H17ClN2O2/c1-4-18-8-11(16)7-13(18)15(20)17-12-5-10(3)14(19)6-9(12)2/h5-8,19H,4H2,1-3H3,(H,17,20). The van der Waals surface area contributed by atoms with Crippen LogP contribution in [-0.4, -0.2) is 15.6 Å². The van der Waals surface area contributed by atoms with Crippen LogP contribution in [0.25, 0.3) is 0 Å². The molecule has 0 aliphatic carbocycles. The van der Waals surface area contributed by atoms with Gasteiger partial charge in [-0.05, 0) is 50.1 Å². The number of phenols is 1. The number of carbonyl (C=O) groups is 1. The van der Waals surface area contributed by atoms with E-state index in [1.165, 1.54) is 0 Å². The summed E-state index contributed by atoms with van der Waals surface area (Å²) in [5.41, 5.74) is 2.73. The molecule has 0 aliphatic rings. The molecule has 1 aromatic carbocycles. The van der Waals surface area contributed by atoms with Gasteiger partial charge in [-0.3, -0.25) is 4.79 Å². The van der Waals surface area contributed by atoms with Crippen LogP contribution >= 0.6 is 11.6 Å². The Labute approximate surface area is 123 Å². The molecule has 0 radical (unpaired) electrons. The third-order valence-electron chi connectivity index (χ3n) is 3.23. The van der Waals surface area contributed by atoms with Crippen LogP contribution in [0.1, 0.15) is 28.5 Å². The number of halogens is 1. The highest BCUT2D eigenvalue weighted by molar-refractivity contribution is 6.31. The van der Waals surface area contributed by atoms with Crippen LogP contribution in [0.4, 0.5) is 5.69 Å². The van der Waals surface area contributed by atoms with Crippen LogP contribution in [0.5, 0.6) is 5.75 Å². The second-order valence-corrected chi connectivity index (χ2v) is 5.17. The molecule has 1 aromatic heterocycles. The SMILES string of the molecule is CCn1cc(Cl)cc1C(=O)Nc1cc(C)c(O)cc1C. The Morgan fingerprint density at radius 3 is 2.65 bits per heavy atom. The molecular weight excluding hydrogens is 276 g/mol. The topological polar surface area (TPSA) is 54.3 Å². The summed E-state index contributed by atoms with van der Waals surface area (Å²) in [7, 11) is 0. The van der Waals surface area contributed by atoms with E-state index in [1.807, 2.05) is 13.8 Å². The quantitative estimate of drug-likeness (QED) is 0.847. The van der Waals surface area contributed by atoms with Gasteiger partial charge in [0.05, 0.1) is 5.02 Å². The molecule has 4 nitrogen and oxygen atoms in total. The van der Waals surface area contributed by atoms with Crippen molar-refractivity contribution in [2.75, 3.05) is 5.32 Å². The maximum atomic E-state index is 12.3. The lowest BCUT2D eigenvalue weighted by atomic mass is 10.1. The first kappa shape index (κ1) is 14.5. The summed E-state index contributed by atoms with van der Waals surface area (Å²) < 4.78 is 1.79. The van der Waals surface area contributed by atoms with E-state index >= 15 is 0 Å². The van der Waals surface area contributed by atoms with Gasteiger partial charge in [0.25, 0.3) is 5.91 Å². The van der Waals surface area contributed by atoms with E-state index in [-0.39, 0.29) is 11.7 Å². The number of aromatic nitrogens is 1. The number of hydrogen-bond acceptors (Lipinski definition) is 2. The molecule has 20 heavy (non-hydrogen) atoms. The van der Waals surface area contributed by atoms with Crippen LogP contribution in [0.2, 0.25) is 5.02 Å². The molecule has 0 saturated heterocycles. The zero-order valence-electron chi connectivity index (χ0n) is 11.7. The average Bonchev–Trinajstić information content (AvgIpc) is 2.77. The Kier molecular flexibility index (Phi) is 4.04. The monoisotopic (exact) mass is 292 g/mol. The molecule has 0 aliphatic heterocycles. The first-order valence-corrected chi connectivity index (χ1v) is 6.77. The summed E-state index contributed by atoms with van der Waals surface area (Å²) in [6.07, 6.45) is 1.73. The number of carbonyl (C=O) groups excluding carboxylic acids is 1. The summed E-state index contributed by atoms with van der Waals surface area (Å²) in [6.45, 7) is 6.24. The molecule has 1 heterocycles. The van der Waals surface area contributed by atoms with Gasteiger partial charge < -0.3 is 15.0 Å². The van der Waals surface area contributed by atoms with Gasteiger partial charge in [-0.2, -0.15) is 0 Å². The number of nitrogens with zero attached hydrogens (tertiary/aromatic N) is 1. The number of aryl methyl sites for hydroxylation is 3. The molecule has 2 rings (SSSR count). The number of aromatic hydroxyl groups is 1. The van der Waals surface area contributed by atoms with E-state index in [4.69, 9.17) is 11.6 Å². The third-order valence-corrected chi connectivity index (χ3v) is 3.43. The molecule has 1 amide bonds. The van der Waals surface area contributed by atoms with Crippen LogP contribution in [-0.2, 0) is 6.54 Å². The van der Waals surface area contributed by atoms with Crippen molar-refractivity contribution in [1.29, 1.82) is 0 Å². The maximum Gasteiger partial charge on any atom is 0.272 e. The normalized spacial score (nSPS) is 10.6. The lowest BCUT2D eigenvalue weighted by Gasteiger charge is -2.11. The minimum absolute atomic E-state index is 0.216. The van der Waals surface area contributed by atoms with Crippen LogP contribution < -0.4 is 5.32 Å². The van der Waals surface area contributed by atoms with Gasteiger partial charge in [0.2, 0.25) is 0 Å². The first-order chi connectivity index (χ1) is 9.42. The number of amides is 1. The number of anilines is 1. The van der Waals surface area contributed by atoms with Crippen molar-refractivity contribution in [3.8, 4) is 5.75 Å². The second-order valence-electron chi connectivity index (χ2n) is 4.74. The highest BCUT2D eigenvalue weighted by Gasteiger charge is 2.14. The van der Waals surface area contributed by atoms with Crippen molar-refractivity contribution in [2.45, 2.75) is 27.3 Å². The lowest BCUT2D eigenvalue weighted by Crippen LogP contribution is -2.17. The molecule has 0 saturated carbocycles. The first-order valence-electron chi connectivity index (χ1n) is 6.39. The number of phenolic OH excluding ortho intramolecular Hbond substituents is 1. The van der Waals surface area contributed by atoms with Crippen molar-refractivity contribution in [1.82, 2.24) is 4.57 Å². The molecule has 2 aromatic rings. The van der Waals surface area contributed by atoms with E-state index < -0.39 is 0 Å². The molecule has 5 heteroatoms. The van der Waals surface area contributed by atoms with Gasteiger partial charge in [-0.15, -0.1) is 0 Å². The molecule has 0 fully saturated rings. The van der Waals surface area contributed by atoms with Crippen molar-refractivity contribution in [3.63, 3.8) is 0 Å². The van der Waals surface area contributed by atoms with Crippen molar-refractivity contribution < 1.29 is 9.90 Å². The summed E-state index contributed by atoms with van der Waals surface area (Å²) in [5, 5.41) is 13.0. The van der Waals surface area contributed by atoms with Crippen molar-refractivity contribution in [3.05, 3.63) is 46.2 Å². The Morgan fingerprint density at radius 1 is 1.30 bits per heavy atom. The maximum absolute atomic E-state index is 12.3. The number of rotatable bonds is 3. The Balaban J connectivity index is 2.30. The van der Waals surface area contributed by atoms with E-state index in [0.29, 0.717) is 22.9 Å². The van der Waals surface area contributed by atoms with Gasteiger partial charge >= 0.3 is 0 Å². The van der Waals surface area contributed by atoms with Crippen molar-refractivity contribution >= 4 is 23.2 Å². The fourth-order valence-corrected chi connectivity index (χ4v) is 2.27. The van der Waals surface area contributed by atoms with E-state index in [0.717, 1.165) is 11.1 Å². The van der Waals surface area contributed by atoms with Crippen LogP contribution in [0.15, 0.2) is 24.4 Å². The number of benzene rings is 1. The summed E-state index contributed by atoms with van der Waals surface area (Å²) in [6, 6.07) is 5.03. The molecule has 106 valence electrons. The second kappa shape index (κ2) is 5.59. The zero-order valence-corrected chi connectivity index (χ0v) is 12.5. The lowest BCUT2D eigenvalue weighted by molar-refractivity contribution is 0.101. The fourth-order valence-electron chi connectivity index (χ4n) is 2.05. The predicted octanol–water partition coefficient (Wildman–Crippen LogP) is 3.74. The van der Waals surface area contributed by atoms with Gasteiger partial charge in [-0.25, -0.2) is 0 Å². The third kappa shape index (κ3) is 2.80. The Bertz CT molecular complexity index is 662. The summed E-state index contributed by atoms with van der Waals surface area (Å²) in [5.74, 6) is 0.00687.